The van der Waals surface area contributed by atoms with Crippen LogP contribution >= 0.6 is 0 Å². The molecule has 26 heavy (non-hydrogen) atoms. The van der Waals surface area contributed by atoms with E-state index in [-0.39, 0.29) is 10.8 Å². The van der Waals surface area contributed by atoms with Crippen molar-refractivity contribution in [3.63, 3.8) is 0 Å². The van der Waals surface area contributed by atoms with Crippen molar-refractivity contribution in [2.75, 3.05) is 32.8 Å². The van der Waals surface area contributed by atoms with E-state index in [0.29, 0.717) is 50.2 Å². The molecule has 3 fully saturated rings. The first-order chi connectivity index (χ1) is 12.6. The van der Waals surface area contributed by atoms with Gasteiger partial charge in [-0.25, -0.2) is 8.42 Å². The minimum absolute atomic E-state index is 0.0318. The maximum Gasteiger partial charge on any atom is 0.254 e. The number of hydrogen-bond acceptors (Lipinski definition) is 4. The summed E-state index contributed by atoms with van der Waals surface area (Å²) in [6.45, 7) is 2.62. The van der Waals surface area contributed by atoms with Crippen LogP contribution < -0.4 is 0 Å². The first-order valence-corrected chi connectivity index (χ1v) is 11.0. The molecular formula is C19H26N2O4S. The summed E-state index contributed by atoms with van der Waals surface area (Å²) in [7, 11) is -3.60. The third-order valence-corrected chi connectivity index (χ3v) is 7.71. The fourth-order valence-electron chi connectivity index (χ4n) is 4.46. The molecule has 0 radical (unpaired) electrons. The van der Waals surface area contributed by atoms with Gasteiger partial charge in [0.15, 0.2) is 0 Å². The Morgan fingerprint density at radius 1 is 1.12 bits per heavy atom. The maximum absolute atomic E-state index is 13.0. The van der Waals surface area contributed by atoms with Crippen LogP contribution in [0.4, 0.5) is 0 Å². The zero-order chi connectivity index (χ0) is 18.1. The van der Waals surface area contributed by atoms with E-state index in [4.69, 9.17) is 4.74 Å². The standard InChI is InChI=1S/C19H26N2O4S/c22-19(21-14-15-4-1-6-17(21)12-15)16-5-2-7-18(13-16)26(23,24)20-8-3-10-25-11-9-20/h2,5,7,13,15,17H,1,3-4,6,8-12,14H2/t15-,17+/m0/s1. The van der Waals surface area contributed by atoms with Gasteiger partial charge in [-0.05, 0) is 49.8 Å². The smallest absolute Gasteiger partial charge is 0.254 e. The van der Waals surface area contributed by atoms with Gasteiger partial charge in [0.1, 0.15) is 0 Å². The Kier molecular flexibility index (Phi) is 5.03. The van der Waals surface area contributed by atoms with Crippen molar-refractivity contribution in [1.29, 1.82) is 0 Å². The van der Waals surface area contributed by atoms with E-state index in [1.165, 1.54) is 17.1 Å². The molecule has 0 N–H and O–H groups in total. The van der Waals surface area contributed by atoms with Crippen molar-refractivity contribution in [2.24, 2.45) is 5.92 Å². The van der Waals surface area contributed by atoms with Gasteiger partial charge in [0.25, 0.3) is 5.91 Å². The van der Waals surface area contributed by atoms with Gasteiger partial charge in [-0.2, -0.15) is 4.31 Å². The average molecular weight is 378 g/mol. The molecule has 2 heterocycles. The summed E-state index contributed by atoms with van der Waals surface area (Å²) >= 11 is 0. The molecule has 1 aliphatic carbocycles. The van der Waals surface area contributed by atoms with Crippen molar-refractivity contribution in [3.8, 4) is 0 Å². The lowest BCUT2D eigenvalue weighted by atomic mass is 9.90. The lowest BCUT2D eigenvalue weighted by Gasteiger charge is -2.25. The summed E-state index contributed by atoms with van der Waals surface area (Å²) in [4.78, 5) is 15.2. The van der Waals surface area contributed by atoms with Crippen LogP contribution in [-0.4, -0.2) is 62.4 Å². The van der Waals surface area contributed by atoms with E-state index in [1.807, 2.05) is 4.90 Å². The predicted molar refractivity (Wildman–Crippen MR) is 97.4 cm³/mol. The Balaban J connectivity index is 1.57. The van der Waals surface area contributed by atoms with E-state index < -0.39 is 10.0 Å². The van der Waals surface area contributed by atoms with Crippen LogP contribution in [0.1, 0.15) is 42.5 Å². The number of carbonyl (C=O) groups is 1. The first kappa shape index (κ1) is 17.9. The van der Waals surface area contributed by atoms with Gasteiger partial charge >= 0.3 is 0 Å². The molecule has 1 amide bonds. The third-order valence-electron chi connectivity index (χ3n) is 5.81. The average Bonchev–Trinajstić information content (AvgIpc) is 2.85. The Labute approximate surface area is 155 Å². The molecule has 4 rings (SSSR count). The summed E-state index contributed by atoms with van der Waals surface area (Å²) in [5.74, 6) is 0.581. The van der Waals surface area contributed by atoms with Crippen molar-refractivity contribution in [1.82, 2.24) is 9.21 Å². The molecule has 1 aromatic rings. The number of sulfonamides is 1. The second kappa shape index (κ2) is 7.29. The van der Waals surface area contributed by atoms with Crippen LogP contribution in [0.5, 0.6) is 0 Å². The van der Waals surface area contributed by atoms with Crippen molar-refractivity contribution < 1.29 is 17.9 Å². The van der Waals surface area contributed by atoms with Gasteiger partial charge in [-0.15, -0.1) is 0 Å². The highest BCUT2D eigenvalue weighted by Gasteiger charge is 2.38. The number of rotatable bonds is 3. The van der Waals surface area contributed by atoms with Crippen LogP contribution in [-0.2, 0) is 14.8 Å². The zero-order valence-electron chi connectivity index (χ0n) is 15.0. The highest BCUT2D eigenvalue weighted by atomic mass is 32.2. The molecular weight excluding hydrogens is 352 g/mol. The van der Waals surface area contributed by atoms with Crippen molar-refractivity contribution >= 4 is 15.9 Å². The number of likely N-dealkylation sites (tertiary alicyclic amines) is 1. The Morgan fingerprint density at radius 2 is 2.00 bits per heavy atom. The number of amides is 1. The first-order valence-electron chi connectivity index (χ1n) is 9.54. The summed E-state index contributed by atoms with van der Waals surface area (Å²) in [5, 5.41) is 0. The number of nitrogens with zero attached hydrogens (tertiary/aromatic N) is 2. The fourth-order valence-corrected chi connectivity index (χ4v) is 5.96. The quantitative estimate of drug-likeness (QED) is 0.808. The monoisotopic (exact) mass is 378 g/mol. The minimum atomic E-state index is -3.60. The molecule has 1 aromatic carbocycles. The Hall–Kier alpha value is -1.44. The molecule has 0 unspecified atom stereocenters. The highest BCUT2D eigenvalue weighted by Crippen LogP contribution is 2.36. The fraction of sp³-hybridized carbons (Fsp3) is 0.632. The van der Waals surface area contributed by atoms with Gasteiger partial charge in [0, 0.05) is 37.8 Å². The summed E-state index contributed by atoms with van der Waals surface area (Å²) in [5.41, 5.74) is 0.477. The Morgan fingerprint density at radius 3 is 2.85 bits per heavy atom. The van der Waals surface area contributed by atoms with Crippen molar-refractivity contribution in [3.05, 3.63) is 29.8 Å². The largest absolute Gasteiger partial charge is 0.380 e. The number of ether oxygens (including phenoxy) is 1. The number of hydrogen-bond donors (Lipinski definition) is 0. The van der Waals surface area contributed by atoms with Crippen LogP contribution in [0.2, 0.25) is 0 Å². The summed E-state index contributed by atoms with van der Waals surface area (Å²) in [6.07, 6.45) is 5.23. The SMILES string of the molecule is O=C(c1cccc(S(=O)(=O)N2CCCOCC2)c1)N1C[C@H]2CCC[C@@H]1C2. The van der Waals surface area contributed by atoms with E-state index in [2.05, 4.69) is 0 Å². The highest BCUT2D eigenvalue weighted by molar-refractivity contribution is 7.89. The molecule has 6 nitrogen and oxygen atoms in total. The van der Waals surface area contributed by atoms with Crippen LogP contribution in [0.3, 0.4) is 0 Å². The van der Waals surface area contributed by atoms with Crippen LogP contribution in [0.25, 0.3) is 0 Å². The number of carbonyl (C=O) groups excluding carboxylic acids is 1. The number of benzene rings is 1. The van der Waals surface area contributed by atoms with Gasteiger partial charge in [-0.1, -0.05) is 12.5 Å². The summed E-state index contributed by atoms with van der Waals surface area (Å²) in [6, 6.07) is 6.86. The van der Waals surface area contributed by atoms with E-state index in [1.54, 1.807) is 24.3 Å². The molecule has 2 saturated heterocycles. The van der Waals surface area contributed by atoms with Gasteiger partial charge < -0.3 is 9.64 Å². The minimum Gasteiger partial charge on any atom is -0.380 e. The van der Waals surface area contributed by atoms with E-state index in [0.717, 1.165) is 19.4 Å². The lowest BCUT2D eigenvalue weighted by Crippen LogP contribution is -2.36. The molecule has 2 aliphatic heterocycles. The maximum atomic E-state index is 13.0. The van der Waals surface area contributed by atoms with Gasteiger partial charge in [0.05, 0.1) is 11.5 Å². The summed E-state index contributed by atoms with van der Waals surface area (Å²) < 4.78 is 32.8. The lowest BCUT2D eigenvalue weighted by molar-refractivity contribution is 0.0733. The molecule has 2 atom stereocenters. The third kappa shape index (κ3) is 3.40. The number of fused-ring (bicyclic) bond motifs is 2. The molecule has 3 aliphatic rings. The van der Waals surface area contributed by atoms with Crippen LogP contribution in [0, 0.1) is 5.92 Å². The molecule has 0 spiro atoms. The second-order valence-corrected chi connectivity index (χ2v) is 9.48. The van der Waals surface area contributed by atoms with Crippen molar-refractivity contribution in [2.45, 2.75) is 43.0 Å². The van der Waals surface area contributed by atoms with E-state index >= 15 is 0 Å². The predicted octanol–water partition coefficient (Wildman–Crippen LogP) is 2.11. The molecule has 7 heteroatoms. The van der Waals surface area contributed by atoms with Gasteiger partial charge in [-0.3, -0.25) is 4.79 Å². The molecule has 1 saturated carbocycles. The molecule has 142 valence electrons. The second-order valence-electron chi connectivity index (χ2n) is 7.54. The molecule has 0 aromatic heterocycles. The van der Waals surface area contributed by atoms with E-state index in [9.17, 15) is 13.2 Å². The van der Waals surface area contributed by atoms with Crippen LogP contribution in [0.15, 0.2) is 29.2 Å². The Bertz CT molecular complexity index is 771. The molecule has 2 bridgehead atoms. The zero-order valence-corrected chi connectivity index (χ0v) is 15.8. The topological polar surface area (TPSA) is 66.9 Å². The normalized spacial score (nSPS) is 27.3. The van der Waals surface area contributed by atoms with Gasteiger partial charge in [0.2, 0.25) is 10.0 Å².